The van der Waals surface area contributed by atoms with Crippen LogP contribution in [-0.2, 0) is 4.79 Å². The molecule has 0 radical (unpaired) electrons. The molecule has 0 aromatic rings. The Labute approximate surface area is 99.1 Å². The molecule has 2 saturated heterocycles. The van der Waals surface area contributed by atoms with Gasteiger partial charge < -0.3 is 16.0 Å². The summed E-state index contributed by atoms with van der Waals surface area (Å²) in [5.74, 6) is 1.02. The SMILES string of the molecule is CC1CCN(C(=O)C2CSC(=O)N2)CC1N. The maximum absolute atomic E-state index is 12.0. The standard InChI is InChI=1S/C10H17N3O2S/c1-6-2-3-13(4-7(6)11)9(14)8-5-16-10(15)12-8/h6-8H,2-5,11H2,1H3,(H,12,15). The summed E-state index contributed by atoms with van der Waals surface area (Å²) < 4.78 is 0. The predicted molar refractivity (Wildman–Crippen MR) is 63.1 cm³/mol. The van der Waals surface area contributed by atoms with Gasteiger partial charge in [-0.15, -0.1) is 0 Å². The Hall–Kier alpha value is -0.750. The fourth-order valence-corrected chi connectivity index (χ4v) is 2.81. The zero-order valence-corrected chi connectivity index (χ0v) is 10.1. The number of nitrogens with one attached hydrogen (secondary N) is 1. The molecule has 6 heteroatoms. The van der Waals surface area contributed by atoms with Gasteiger partial charge in [-0.2, -0.15) is 0 Å². The van der Waals surface area contributed by atoms with Crippen LogP contribution in [0, 0.1) is 5.92 Å². The molecule has 2 rings (SSSR count). The lowest BCUT2D eigenvalue weighted by atomic mass is 9.94. The van der Waals surface area contributed by atoms with E-state index in [4.69, 9.17) is 5.73 Å². The van der Waals surface area contributed by atoms with Gasteiger partial charge in [-0.3, -0.25) is 9.59 Å². The molecule has 2 fully saturated rings. The van der Waals surface area contributed by atoms with E-state index in [-0.39, 0.29) is 23.2 Å². The second kappa shape index (κ2) is 4.63. The molecule has 2 aliphatic rings. The van der Waals surface area contributed by atoms with Crippen LogP contribution in [0.1, 0.15) is 13.3 Å². The quantitative estimate of drug-likeness (QED) is 0.680. The average Bonchev–Trinajstić information content (AvgIpc) is 2.68. The third-order valence-electron chi connectivity index (χ3n) is 3.30. The topological polar surface area (TPSA) is 75.4 Å². The molecule has 0 spiro atoms. The van der Waals surface area contributed by atoms with Crippen LogP contribution in [0.3, 0.4) is 0 Å². The Morgan fingerprint density at radius 3 is 2.94 bits per heavy atom. The van der Waals surface area contributed by atoms with Gasteiger partial charge in [0.25, 0.3) is 5.24 Å². The van der Waals surface area contributed by atoms with Gasteiger partial charge in [0, 0.05) is 24.9 Å². The first-order chi connectivity index (χ1) is 7.58. The summed E-state index contributed by atoms with van der Waals surface area (Å²) in [7, 11) is 0. The Balaban J connectivity index is 1.92. The molecule has 0 aliphatic carbocycles. The van der Waals surface area contributed by atoms with Crippen molar-refractivity contribution in [3.8, 4) is 0 Å². The van der Waals surface area contributed by atoms with E-state index in [2.05, 4.69) is 12.2 Å². The fraction of sp³-hybridized carbons (Fsp3) is 0.800. The number of carbonyl (C=O) groups excluding carboxylic acids is 2. The van der Waals surface area contributed by atoms with Crippen LogP contribution in [0.4, 0.5) is 4.79 Å². The van der Waals surface area contributed by atoms with Crippen LogP contribution in [0.25, 0.3) is 0 Å². The van der Waals surface area contributed by atoms with Crippen molar-refractivity contribution in [2.75, 3.05) is 18.8 Å². The molecule has 90 valence electrons. The summed E-state index contributed by atoms with van der Waals surface area (Å²) in [6, 6.07) is -0.291. The van der Waals surface area contributed by atoms with E-state index < -0.39 is 0 Å². The van der Waals surface area contributed by atoms with Crippen LogP contribution in [0.15, 0.2) is 0 Å². The molecule has 0 saturated carbocycles. The van der Waals surface area contributed by atoms with Gasteiger partial charge in [0.2, 0.25) is 5.91 Å². The van der Waals surface area contributed by atoms with E-state index in [1.54, 1.807) is 4.90 Å². The number of piperidine rings is 1. The van der Waals surface area contributed by atoms with Crippen molar-refractivity contribution in [2.45, 2.75) is 25.4 Å². The predicted octanol–water partition coefficient (Wildman–Crippen LogP) is 0.00710. The smallest absolute Gasteiger partial charge is 0.279 e. The highest BCUT2D eigenvalue weighted by molar-refractivity contribution is 8.14. The number of carbonyl (C=O) groups is 2. The molecule has 2 amide bonds. The molecule has 5 nitrogen and oxygen atoms in total. The Bertz CT molecular complexity index is 310. The summed E-state index contributed by atoms with van der Waals surface area (Å²) in [4.78, 5) is 24.8. The van der Waals surface area contributed by atoms with E-state index >= 15 is 0 Å². The van der Waals surface area contributed by atoms with E-state index in [1.165, 1.54) is 11.8 Å². The minimum atomic E-state index is -0.349. The van der Waals surface area contributed by atoms with Gasteiger partial charge in [0.1, 0.15) is 6.04 Å². The van der Waals surface area contributed by atoms with E-state index in [1.807, 2.05) is 0 Å². The first-order valence-electron chi connectivity index (χ1n) is 5.55. The lowest BCUT2D eigenvalue weighted by molar-refractivity contribution is -0.134. The van der Waals surface area contributed by atoms with Crippen LogP contribution >= 0.6 is 11.8 Å². The van der Waals surface area contributed by atoms with Gasteiger partial charge >= 0.3 is 0 Å². The molecule has 0 aromatic carbocycles. The number of nitrogens with zero attached hydrogens (tertiary/aromatic N) is 1. The molecule has 2 heterocycles. The third-order valence-corrected chi connectivity index (χ3v) is 4.18. The van der Waals surface area contributed by atoms with Crippen molar-refractivity contribution in [1.29, 1.82) is 0 Å². The molecule has 0 aromatic heterocycles. The molecular weight excluding hydrogens is 226 g/mol. The van der Waals surface area contributed by atoms with E-state index in [9.17, 15) is 9.59 Å². The lowest BCUT2D eigenvalue weighted by Crippen LogP contribution is -2.54. The van der Waals surface area contributed by atoms with Crippen molar-refractivity contribution in [3.63, 3.8) is 0 Å². The maximum Gasteiger partial charge on any atom is 0.279 e. The molecular formula is C10H17N3O2S. The highest BCUT2D eigenvalue weighted by atomic mass is 32.2. The van der Waals surface area contributed by atoms with Crippen LogP contribution < -0.4 is 11.1 Å². The molecule has 3 atom stereocenters. The number of hydrogen-bond acceptors (Lipinski definition) is 4. The first kappa shape index (κ1) is 11.7. The largest absolute Gasteiger partial charge is 0.339 e. The van der Waals surface area contributed by atoms with Gasteiger partial charge in [0.05, 0.1) is 0 Å². The average molecular weight is 243 g/mol. The highest BCUT2D eigenvalue weighted by Crippen LogP contribution is 2.19. The Morgan fingerprint density at radius 2 is 2.38 bits per heavy atom. The zero-order chi connectivity index (χ0) is 11.7. The Kier molecular flexibility index (Phi) is 3.39. The van der Waals surface area contributed by atoms with Gasteiger partial charge in [-0.25, -0.2) is 0 Å². The molecule has 3 N–H and O–H groups in total. The first-order valence-corrected chi connectivity index (χ1v) is 6.54. The maximum atomic E-state index is 12.0. The van der Waals surface area contributed by atoms with Crippen molar-refractivity contribution in [1.82, 2.24) is 10.2 Å². The van der Waals surface area contributed by atoms with Crippen LogP contribution in [0.5, 0.6) is 0 Å². The van der Waals surface area contributed by atoms with Crippen LogP contribution in [-0.4, -0.2) is 47.0 Å². The van der Waals surface area contributed by atoms with E-state index in [0.717, 1.165) is 13.0 Å². The molecule has 3 unspecified atom stereocenters. The number of likely N-dealkylation sites (tertiary alicyclic amines) is 1. The van der Waals surface area contributed by atoms with Crippen molar-refractivity contribution in [3.05, 3.63) is 0 Å². The second-order valence-electron chi connectivity index (χ2n) is 4.51. The number of hydrogen-bond donors (Lipinski definition) is 2. The van der Waals surface area contributed by atoms with Gasteiger partial charge in [-0.05, 0) is 12.3 Å². The van der Waals surface area contributed by atoms with Gasteiger partial charge in [-0.1, -0.05) is 18.7 Å². The third kappa shape index (κ3) is 2.32. The summed E-state index contributed by atoms with van der Waals surface area (Å²) >= 11 is 1.17. The summed E-state index contributed by atoms with van der Waals surface area (Å²) in [5, 5.41) is 2.57. The number of rotatable bonds is 1. The second-order valence-corrected chi connectivity index (χ2v) is 5.50. The fourth-order valence-electron chi connectivity index (χ4n) is 2.04. The van der Waals surface area contributed by atoms with Crippen molar-refractivity contribution < 1.29 is 9.59 Å². The van der Waals surface area contributed by atoms with Crippen LogP contribution in [0.2, 0.25) is 0 Å². The van der Waals surface area contributed by atoms with Gasteiger partial charge in [0.15, 0.2) is 0 Å². The number of amides is 2. The highest BCUT2D eigenvalue weighted by Gasteiger charge is 2.34. The minimum absolute atomic E-state index is 0.0145. The lowest BCUT2D eigenvalue weighted by Gasteiger charge is -2.36. The molecule has 16 heavy (non-hydrogen) atoms. The Morgan fingerprint density at radius 1 is 1.62 bits per heavy atom. The number of thioether (sulfide) groups is 1. The molecule has 0 bridgehead atoms. The van der Waals surface area contributed by atoms with E-state index in [0.29, 0.717) is 18.2 Å². The number of nitrogens with two attached hydrogens (primary N) is 1. The zero-order valence-electron chi connectivity index (χ0n) is 9.31. The summed E-state index contributed by atoms with van der Waals surface area (Å²) in [6.45, 7) is 3.47. The minimum Gasteiger partial charge on any atom is -0.339 e. The van der Waals surface area contributed by atoms with Crippen molar-refractivity contribution in [2.24, 2.45) is 11.7 Å². The normalized spacial score (nSPS) is 35.0. The monoisotopic (exact) mass is 243 g/mol. The summed E-state index contributed by atoms with van der Waals surface area (Å²) in [5.41, 5.74) is 5.95. The summed E-state index contributed by atoms with van der Waals surface area (Å²) in [6.07, 6.45) is 0.945. The van der Waals surface area contributed by atoms with Crippen molar-refractivity contribution >= 4 is 22.9 Å². The molecule has 2 aliphatic heterocycles.